The van der Waals surface area contributed by atoms with Gasteiger partial charge in [-0.2, -0.15) is 5.26 Å². The van der Waals surface area contributed by atoms with Gasteiger partial charge in [-0.15, -0.1) is 0 Å². The third-order valence-corrected chi connectivity index (χ3v) is 2.01. The molecule has 1 aromatic carbocycles. The van der Waals surface area contributed by atoms with Crippen LogP contribution in [-0.2, 0) is 16.1 Å². The van der Waals surface area contributed by atoms with Gasteiger partial charge in [0.2, 0.25) is 0 Å². The van der Waals surface area contributed by atoms with Crippen molar-refractivity contribution < 1.29 is 19.0 Å². The van der Waals surface area contributed by atoms with Crippen molar-refractivity contribution in [3.63, 3.8) is 0 Å². The zero-order chi connectivity index (χ0) is 12.1. The predicted octanol–water partition coefficient (Wildman–Crippen LogP) is 1.69. The summed E-state index contributed by atoms with van der Waals surface area (Å²) in [7, 11) is 0. The minimum absolute atomic E-state index is 0.172. The molecule has 0 heterocycles. The van der Waals surface area contributed by atoms with E-state index in [0.29, 0.717) is 5.56 Å². The van der Waals surface area contributed by atoms with Crippen LogP contribution in [0.25, 0.3) is 0 Å². The summed E-state index contributed by atoms with van der Waals surface area (Å²) in [6.07, 6.45) is -1.01. The molecular weight excluding hydrogens is 213 g/mol. The molecule has 1 N–H and O–H groups in total. The molecule has 1 aromatic rings. The van der Waals surface area contributed by atoms with Crippen molar-refractivity contribution in [1.29, 1.82) is 5.26 Å². The van der Waals surface area contributed by atoms with Crippen LogP contribution < -0.4 is 0 Å². The van der Waals surface area contributed by atoms with E-state index >= 15 is 0 Å². The molecule has 0 fully saturated rings. The number of carbonyl (C=O) groups is 1. The van der Waals surface area contributed by atoms with Gasteiger partial charge in [-0.05, 0) is 25.1 Å². The lowest BCUT2D eigenvalue weighted by atomic mass is 10.1. The molecule has 0 aliphatic heterocycles. The van der Waals surface area contributed by atoms with Crippen LogP contribution in [0, 0.1) is 17.1 Å². The second-order valence-corrected chi connectivity index (χ2v) is 3.21. The number of hydrogen-bond acceptors (Lipinski definition) is 3. The molecule has 4 nitrogen and oxygen atoms in total. The second kappa shape index (κ2) is 5.24. The van der Waals surface area contributed by atoms with Gasteiger partial charge in [0.1, 0.15) is 5.82 Å². The van der Waals surface area contributed by atoms with Crippen molar-refractivity contribution in [2.24, 2.45) is 0 Å². The Bertz CT molecular complexity index is 439. The highest BCUT2D eigenvalue weighted by atomic mass is 19.1. The highest BCUT2D eigenvalue weighted by Gasteiger charge is 2.12. The Morgan fingerprint density at radius 2 is 2.38 bits per heavy atom. The van der Waals surface area contributed by atoms with E-state index in [1.54, 1.807) is 0 Å². The Balaban J connectivity index is 2.74. The van der Waals surface area contributed by atoms with Crippen molar-refractivity contribution in [3.05, 3.63) is 35.1 Å². The summed E-state index contributed by atoms with van der Waals surface area (Å²) in [5.41, 5.74) is 0.482. The summed E-state index contributed by atoms with van der Waals surface area (Å²) in [6.45, 7) is 1.18. The van der Waals surface area contributed by atoms with Crippen molar-refractivity contribution in [3.8, 4) is 6.07 Å². The lowest BCUT2D eigenvalue weighted by molar-refractivity contribution is -0.149. The fourth-order valence-electron chi connectivity index (χ4n) is 1.04. The maximum absolute atomic E-state index is 13.2. The first-order chi connectivity index (χ1) is 7.54. The smallest absolute Gasteiger partial charge is 0.332 e. The highest BCUT2D eigenvalue weighted by molar-refractivity contribution is 5.71. The van der Waals surface area contributed by atoms with Gasteiger partial charge in [0.15, 0.2) is 6.10 Å². The molecule has 0 aliphatic carbocycles. The van der Waals surface area contributed by atoms with Crippen LogP contribution in [-0.4, -0.2) is 17.2 Å². The largest absolute Gasteiger partial charge is 0.479 e. The summed E-state index contributed by atoms with van der Waals surface area (Å²) in [6, 6.07) is 5.71. The van der Waals surface area contributed by atoms with Gasteiger partial charge in [-0.1, -0.05) is 0 Å². The molecule has 0 spiro atoms. The SMILES string of the molecule is CC(OCc1cc(C#N)ccc1F)C(=O)O. The Kier molecular flexibility index (Phi) is 3.97. The van der Waals surface area contributed by atoms with Crippen molar-refractivity contribution in [2.75, 3.05) is 0 Å². The lowest BCUT2D eigenvalue weighted by Gasteiger charge is -2.09. The van der Waals surface area contributed by atoms with Gasteiger partial charge in [0.25, 0.3) is 0 Å². The van der Waals surface area contributed by atoms with Gasteiger partial charge in [-0.3, -0.25) is 0 Å². The number of rotatable bonds is 4. The normalized spacial score (nSPS) is 11.8. The molecular formula is C11H10FNO3. The first kappa shape index (κ1) is 12.1. The molecule has 5 heteroatoms. The summed E-state index contributed by atoms with van der Waals surface area (Å²) < 4.78 is 18.1. The van der Waals surface area contributed by atoms with E-state index in [4.69, 9.17) is 15.1 Å². The third kappa shape index (κ3) is 3.04. The number of nitrogens with zero attached hydrogens (tertiary/aromatic N) is 1. The number of carboxylic acids is 1. The quantitative estimate of drug-likeness (QED) is 0.843. The summed E-state index contributed by atoms with van der Waals surface area (Å²) in [5.74, 6) is -1.63. The van der Waals surface area contributed by atoms with Gasteiger partial charge < -0.3 is 9.84 Å². The predicted molar refractivity (Wildman–Crippen MR) is 53.0 cm³/mol. The average Bonchev–Trinajstić information content (AvgIpc) is 2.27. The van der Waals surface area contributed by atoms with Gasteiger partial charge >= 0.3 is 5.97 Å². The Morgan fingerprint density at radius 3 is 2.94 bits per heavy atom. The van der Waals surface area contributed by atoms with E-state index in [-0.39, 0.29) is 12.2 Å². The molecule has 84 valence electrons. The number of nitriles is 1. The number of benzene rings is 1. The molecule has 0 bridgehead atoms. The fraction of sp³-hybridized carbons (Fsp3) is 0.273. The molecule has 0 aliphatic rings. The highest BCUT2D eigenvalue weighted by Crippen LogP contribution is 2.12. The molecule has 0 radical (unpaired) electrons. The number of ether oxygens (including phenoxy) is 1. The molecule has 0 aromatic heterocycles. The molecule has 0 amide bonds. The van der Waals surface area contributed by atoms with Gasteiger partial charge in [-0.25, -0.2) is 9.18 Å². The summed E-state index contributed by atoms with van der Waals surface area (Å²) in [5, 5.41) is 17.2. The van der Waals surface area contributed by atoms with Crippen LogP contribution in [0.1, 0.15) is 18.1 Å². The maximum Gasteiger partial charge on any atom is 0.332 e. The van der Waals surface area contributed by atoms with E-state index < -0.39 is 17.9 Å². The molecule has 16 heavy (non-hydrogen) atoms. The van der Waals surface area contributed by atoms with E-state index in [2.05, 4.69) is 0 Å². The van der Waals surface area contributed by atoms with E-state index in [1.165, 1.54) is 19.1 Å². The molecule has 1 atom stereocenters. The van der Waals surface area contributed by atoms with Crippen LogP contribution >= 0.6 is 0 Å². The minimum atomic E-state index is -1.11. The molecule has 1 rings (SSSR count). The topological polar surface area (TPSA) is 70.3 Å². The van der Waals surface area contributed by atoms with Crippen LogP contribution in [0.3, 0.4) is 0 Å². The zero-order valence-corrected chi connectivity index (χ0v) is 8.61. The number of halogens is 1. The van der Waals surface area contributed by atoms with Gasteiger partial charge in [0.05, 0.1) is 18.2 Å². The maximum atomic E-state index is 13.2. The monoisotopic (exact) mass is 223 g/mol. The minimum Gasteiger partial charge on any atom is -0.479 e. The zero-order valence-electron chi connectivity index (χ0n) is 8.61. The number of hydrogen-bond donors (Lipinski definition) is 1. The molecule has 1 unspecified atom stereocenters. The van der Waals surface area contributed by atoms with Crippen molar-refractivity contribution in [1.82, 2.24) is 0 Å². The first-order valence-corrected chi connectivity index (χ1v) is 4.57. The third-order valence-electron chi connectivity index (χ3n) is 2.01. The van der Waals surface area contributed by atoms with Crippen LogP contribution in [0.2, 0.25) is 0 Å². The standard InChI is InChI=1S/C11H10FNO3/c1-7(11(14)15)16-6-9-4-8(5-13)2-3-10(9)12/h2-4,7H,6H2,1H3,(H,14,15). The van der Waals surface area contributed by atoms with Crippen molar-refractivity contribution >= 4 is 5.97 Å². The number of carboxylic acid groups (broad SMARTS) is 1. The average molecular weight is 223 g/mol. The van der Waals surface area contributed by atoms with E-state index in [0.717, 1.165) is 6.07 Å². The first-order valence-electron chi connectivity index (χ1n) is 4.57. The van der Waals surface area contributed by atoms with Crippen LogP contribution in [0.15, 0.2) is 18.2 Å². The molecule has 0 saturated carbocycles. The summed E-state index contributed by atoms with van der Waals surface area (Å²) in [4.78, 5) is 10.5. The Hall–Kier alpha value is -1.93. The van der Waals surface area contributed by atoms with Gasteiger partial charge in [0, 0.05) is 5.56 Å². The fourth-order valence-corrected chi connectivity index (χ4v) is 1.04. The van der Waals surface area contributed by atoms with Crippen LogP contribution in [0.5, 0.6) is 0 Å². The Morgan fingerprint density at radius 1 is 1.69 bits per heavy atom. The van der Waals surface area contributed by atoms with E-state index in [9.17, 15) is 9.18 Å². The van der Waals surface area contributed by atoms with Crippen LogP contribution in [0.4, 0.5) is 4.39 Å². The Labute approximate surface area is 91.9 Å². The summed E-state index contributed by atoms with van der Waals surface area (Å²) >= 11 is 0. The molecule has 0 saturated heterocycles. The second-order valence-electron chi connectivity index (χ2n) is 3.21. The lowest BCUT2D eigenvalue weighted by Crippen LogP contribution is -2.19. The number of aliphatic carboxylic acids is 1. The van der Waals surface area contributed by atoms with E-state index in [1.807, 2.05) is 6.07 Å². The van der Waals surface area contributed by atoms with Crippen molar-refractivity contribution in [2.45, 2.75) is 19.6 Å².